The van der Waals surface area contributed by atoms with Gasteiger partial charge in [0.2, 0.25) is 27.7 Å². The van der Waals surface area contributed by atoms with Crippen molar-refractivity contribution in [2.45, 2.75) is 43.2 Å². The molecule has 2 heterocycles. The Balaban J connectivity index is 1.40. The summed E-state index contributed by atoms with van der Waals surface area (Å²) in [6.45, 7) is 2.73. The van der Waals surface area contributed by atoms with Gasteiger partial charge in [-0.2, -0.15) is 4.72 Å². The van der Waals surface area contributed by atoms with Gasteiger partial charge in [-0.25, -0.2) is 8.42 Å². The Bertz CT molecular complexity index is 1270. The van der Waals surface area contributed by atoms with Crippen LogP contribution in [0.15, 0.2) is 41.3 Å². The van der Waals surface area contributed by atoms with E-state index in [1.165, 1.54) is 17.9 Å². The van der Waals surface area contributed by atoms with E-state index in [0.29, 0.717) is 43.9 Å². The van der Waals surface area contributed by atoms with E-state index >= 15 is 0 Å². The third kappa shape index (κ3) is 5.60. The minimum absolute atomic E-state index is 0.0361. The first-order chi connectivity index (χ1) is 16.5. The number of likely N-dealkylation sites (N-methyl/N-ethyl adjacent to an activating group) is 1. The Morgan fingerprint density at radius 3 is 2.57 bits per heavy atom. The van der Waals surface area contributed by atoms with Crippen molar-refractivity contribution in [2.24, 2.45) is 0 Å². The summed E-state index contributed by atoms with van der Waals surface area (Å²) in [6.07, 6.45) is 1.63. The van der Waals surface area contributed by atoms with E-state index in [4.69, 9.17) is 11.6 Å². The van der Waals surface area contributed by atoms with E-state index in [0.717, 1.165) is 10.8 Å². The number of piperidine rings is 1. The van der Waals surface area contributed by atoms with Gasteiger partial charge in [0.15, 0.2) is 0 Å². The first-order valence-corrected chi connectivity index (χ1v) is 13.4. The summed E-state index contributed by atoms with van der Waals surface area (Å²) >= 11 is 6.00. The van der Waals surface area contributed by atoms with Crippen LogP contribution >= 0.6 is 11.6 Å². The van der Waals surface area contributed by atoms with Crippen LogP contribution in [-0.2, 0) is 24.4 Å². The molecule has 4 rings (SSSR count). The van der Waals surface area contributed by atoms with E-state index < -0.39 is 22.0 Å². The highest BCUT2D eigenvalue weighted by Gasteiger charge is 2.36. The van der Waals surface area contributed by atoms with E-state index in [2.05, 4.69) is 4.72 Å². The van der Waals surface area contributed by atoms with Crippen molar-refractivity contribution in [1.29, 1.82) is 0 Å². The minimum atomic E-state index is -3.95. The molecule has 188 valence electrons. The summed E-state index contributed by atoms with van der Waals surface area (Å²) in [7, 11) is -2.23. The Kier molecular flexibility index (Phi) is 7.35. The highest BCUT2D eigenvalue weighted by Crippen LogP contribution is 2.24. The van der Waals surface area contributed by atoms with Crippen molar-refractivity contribution in [3.05, 3.63) is 41.4 Å². The predicted molar refractivity (Wildman–Crippen MR) is 132 cm³/mol. The molecule has 2 fully saturated rings. The molecule has 2 atom stereocenters. The van der Waals surface area contributed by atoms with E-state index in [9.17, 15) is 22.8 Å². The number of carbonyl (C=O) groups is 3. The van der Waals surface area contributed by atoms with Crippen molar-refractivity contribution < 1.29 is 22.8 Å². The second-order valence-corrected chi connectivity index (χ2v) is 11.3. The number of likely N-dealkylation sites (tertiary alicyclic amines) is 2. The van der Waals surface area contributed by atoms with Crippen LogP contribution in [0.3, 0.4) is 0 Å². The Hall–Kier alpha value is -2.69. The normalized spacial score (nSPS) is 20.9. The topological polar surface area (TPSA) is 107 Å². The first-order valence-electron chi connectivity index (χ1n) is 11.6. The van der Waals surface area contributed by atoms with Crippen molar-refractivity contribution in [3.63, 3.8) is 0 Å². The molecule has 2 aromatic carbocycles. The number of hydrogen-bond donors (Lipinski definition) is 1. The fourth-order valence-electron chi connectivity index (χ4n) is 4.63. The average Bonchev–Trinajstić information content (AvgIpc) is 3.31. The molecular formula is C24H29ClN4O5S. The largest absolute Gasteiger partial charge is 0.341 e. The summed E-state index contributed by atoms with van der Waals surface area (Å²) < 4.78 is 28.6. The number of sulfonamides is 1. The second-order valence-electron chi connectivity index (χ2n) is 9.14. The number of nitrogens with one attached hydrogen (secondary N) is 1. The van der Waals surface area contributed by atoms with Gasteiger partial charge in [0.1, 0.15) is 6.04 Å². The predicted octanol–water partition coefficient (Wildman–Crippen LogP) is 1.84. The maximum Gasteiger partial charge on any atom is 0.242 e. The highest BCUT2D eigenvalue weighted by atomic mass is 35.5. The van der Waals surface area contributed by atoms with E-state index in [1.54, 1.807) is 47.2 Å². The molecule has 0 bridgehead atoms. The fraction of sp³-hybridized carbons (Fsp3) is 0.458. The van der Waals surface area contributed by atoms with Crippen molar-refractivity contribution in [2.75, 3.05) is 33.2 Å². The first kappa shape index (κ1) is 25.4. The van der Waals surface area contributed by atoms with Gasteiger partial charge in [0, 0.05) is 38.6 Å². The zero-order chi connectivity index (χ0) is 25.3. The molecule has 0 aliphatic carbocycles. The molecule has 3 amide bonds. The molecular weight excluding hydrogens is 492 g/mol. The second kappa shape index (κ2) is 10.1. The molecule has 1 unspecified atom stereocenters. The maximum atomic E-state index is 13.1. The zero-order valence-corrected chi connectivity index (χ0v) is 21.3. The fourth-order valence-corrected chi connectivity index (χ4v) is 6.07. The van der Waals surface area contributed by atoms with Crippen LogP contribution in [0.25, 0.3) is 10.8 Å². The summed E-state index contributed by atoms with van der Waals surface area (Å²) in [6, 6.07) is 8.92. The van der Waals surface area contributed by atoms with Gasteiger partial charge in [0.05, 0.1) is 17.5 Å². The molecule has 0 aromatic heterocycles. The molecule has 35 heavy (non-hydrogen) atoms. The van der Waals surface area contributed by atoms with E-state index in [-0.39, 0.29) is 29.3 Å². The lowest BCUT2D eigenvalue weighted by molar-refractivity contribution is -0.142. The summed E-state index contributed by atoms with van der Waals surface area (Å²) in [5.41, 5.74) is 0. The zero-order valence-electron chi connectivity index (χ0n) is 19.7. The number of nitrogens with zero attached hydrogens (tertiary/aromatic N) is 3. The SMILES string of the molecule is CC(=O)N(C)C1CCN(C(=O)CN2CCC[C@H](NS(=O)(=O)c3ccc4cc(Cl)ccc4c3)C2=O)C1. The third-order valence-corrected chi connectivity index (χ3v) is 8.50. The quantitative estimate of drug-likeness (QED) is 0.625. The monoisotopic (exact) mass is 520 g/mol. The Morgan fingerprint density at radius 2 is 1.83 bits per heavy atom. The van der Waals surface area contributed by atoms with Gasteiger partial charge in [-0.3, -0.25) is 14.4 Å². The summed E-state index contributed by atoms with van der Waals surface area (Å²) in [5, 5.41) is 2.09. The number of amides is 3. The van der Waals surface area contributed by atoms with Gasteiger partial charge < -0.3 is 14.7 Å². The number of hydrogen-bond acceptors (Lipinski definition) is 5. The lowest BCUT2D eigenvalue weighted by Gasteiger charge is -2.33. The van der Waals surface area contributed by atoms with Gasteiger partial charge in [-0.15, -0.1) is 0 Å². The molecule has 9 nitrogen and oxygen atoms in total. The molecule has 1 N–H and O–H groups in total. The summed E-state index contributed by atoms with van der Waals surface area (Å²) in [4.78, 5) is 42.3. The van der Waals surface area contributed by atoms with Crippen LogP contribution in [0, 0.1) is 0 Å². The number of halogens is 1. The molecule has 0 saturated carbocycles. The van der Waals surface area contributed by atoms with Crippen molar-refractivity contribution >= 4 is 50.1 Å². The number of carbonyl (C=O) groups excluding carboxylic acids is 3. The summed E-state index contributed by atoms with van der Waals surface area (Å²) in [5.74, 6) is -0.660. The van der Waals surface area contributed by atoms with Crippen LogP contribution in [0.2, 0.25) is 5.02 Å². The maximum absolute atomic E-state index is 13.1. The Morgan fingerprint density at radius 1 is 1.11 bits per heavy atom. The lowest BCUT2D eigenvalue weighted by Crippen LogP contribution is -2.54. The van der Waals surface area contributed by atoms with Gasteiger partial charge >= 0.3 is 0 Å². The molecule has 2 aliphatic rings. The van der Waals surface area contributed by atoms with Crippen LogP contribution in [0.1, 0.15) is 26.2 Å². The standard InChI is InChI=1S/C24H29ClN4O5S/c1-16(30)27(2)20-9-11-28(14-20)23(31)15-29-10-3-4-22(24(29)32)26-35(33,34)21-8-6-17-12-19(25)7-5-18(17)13-21/h5-8,12-13,20,22,26H,3-4,9-11,14-15H2,1-2H3/t20?,22-/m0/s1. The highest BCUT2D eigenvalue weighted by molar-refractivity contribution is 7.89. The van der Waals surface area contributed by atoms with E-state index in [1.807, 2.05) is 0 Å². The molecule has 0 spiro atoms. The minimum Gasteiger partial charge on any atom is -0.341 e. The van der Waals surface area contributed by atoms with Crippen LogP contribution < -0.4 is 4.72 Å². The van der Waals surface area contributed by atoms with Gasteiger partial charge in [0.25, 0.3) is 0 Å². The molecule has 0 radical (unpaired) electrons. The lowest BCUT2D eigenvalue weighted by atomic mass is 10.1. The van der Waals surface area contributed by atoms with Crippen LogP contribution in [-0.4, -0.2) is 86.1 Å². The molecule has 2 aromatic rings. The van der Waals surface area contributed by atoms with Crippen LogP contribution in [0.5, 0.6) is 0 Å². The van der Waals surface area contributed by atoms with Crippen molar-refractivity contribution in [3.8, 4) is 0 Å². The van der Waals surface area contributed by atoms with Crippen molar-refractivity contribution in [1.82, 2.24) is 19.4 Å². The molecule has 2 aliphatic heterocycles. The number of fused-ring (bicyclic) bond motifs is 1. The number of benzene rings is 2. The molecule has 2 saturated heterocycles. The van der Waals surface area contributed by atoms with Crippen LogP contribution in [0.4, 0.5) is 0 Å². The van der Waals surface area contributed by atoms with Gasteiger partial charge in [-0.05, 0) is 54.3 Å². The van der Waals surface area contributed by atoms with Gasteiger partial charge in [-0.1, -0.05) is 23.7 Å². The third-order valence-electron chi connectivity index (χ3n) is 6.80. The molecule has 11 heteroatoms. The number of rotatable bonds is 6. The smallest absolute Gasteiger partial charge is 0.242 e. The Labute approximate surface area is 210 Å². The average molecular weight is 521 g/mol.